The smallest absolute Gasteiger partial charge is 0.494 e. The molecule has 3 aliphatic rings. The number of aliphatic hydroxyl groups is 3. The Balaban J connectivity index is 0.000000204. The van der Waals surface area contributed by atoms with Crippen LogP contribution in [0.15, 0.2) is 196 Å². The Morgan fingerprint density at radius 3 is 1.30 bits per heavy atom. The summed E-state index contributed by atoms with van der Waals surface area (Å²) in [6.45, 7) is 35.0. The molecule has 1 atom stereocenters. The molecule has 9 aromatic heterocycles. The minimum absolute atomic E-state index is 0.0664. The molecule has 31 nitrogen and oxygen atoms in total. The summed E-state index contributed by atoms with van der Waals surface area (Å²) < 4.78 is 75.2. The van der Waals surface area contributed by atoms with Crippen molar-refractivity contribution in [1.29, 1.82) is 0 Å². The molecular weight excluding hydrogens is 2240 g/mol. The molecule has 1 unspecified atom stereocenters. The van der Waals surface area contributed by atoms with Gasteiger partial charge < -0.3 is 101 Å². The molecule has 7 N–H and O–H groups in total. The molecule has 5 aromatic carbocycles. The van der Waals surface area contributed by atoms with E-state index in [9.17, 15) is 10.2 Å². The van der Waals surface area contributed by atoms with Gasteiger partial charge in [0.15, 0.2) is 44.7 Å². The fourth-order valence-corrected chi connectivity index (χ4v) is 16.0. The number of imidazole rings is 3. The number of nitrogens with two attached hydrogens (primary N) is 1. The zero-order chi connectivity index (χ0) is 96.9. The van der Waals surface area contributed by atoms with Crippen LogP contribution >= 0.6 is 150 Å². The number of alkyl halides is 1. The molecule has 0 radical (unpaired) electrons. The number of aliphatic hydroxyl groups excluding tert-OH is 3. The van der Waals surface area contributed by atoms with Gasteiger partial charge in [0.05, 0.1) is 125 Å². The van der Waals surface area contributed by atoms with E-state index in [1.165, 1.54) is 9.40 Å². The standard InChI is InChI=1S/2C14H13BrN4O2.C13H16BNO2S.C12H24B2O4.C8H11NO2.C7H4BrNS.C6H3Br2N3.C5H4Br2N2.C5H11BrO.C2H6O.CH2O/c2*1-21-11-6-10(3-2-9(11)8-20)17-13-14-16-4-5-19(14)7-12(15)18-13;1-12(2)13(3,4)17-14(16-12)9-5-6-11-10(7-9)15-8-18-11;1-9(2)10(3,4)16-13(15-9)14-17-11(5,6)12(7,8)18-14;1-10-7-4-3-6(9)5-8(7)11-2;8-5-1-2-7-6(3-5)9-4-10-7;7-4-3-11-2-1-9-6(11)5(8)10-4;1-3-5(7)9-4(6)2-8-3;1-3-7-5(2)4-6;1-2-3;1-2/h2*2-7,20H,8H2,1H3,(H,17,18);5-8H,1-4H3;1-8H3;3-5H,9H2,1-2H3;1-4H;1-3H;2H,1H3;5H,3-4H2,1-2H3;3H,2H2,1H3;1H2. The first-order valence-electron chi connectivity index (χ1n) is 40.3. The Bertz CT molecular complexity index is 5750. The normalized spacial score (nSPS) is 14.9. The first-order chi connectivity index (χ1) is 62.0. The third-order valence-corrected chi connectivity index (χ3v) is 26.2. The molecule has 17 rings (SSSR count). The van der Waals surface area contributed by atoms with E-state index in [0.29, 0.717) is 55.6 Å². The van der Waals surface area contributed by atoms with Crippen LogP contribution in [0.4, 0.5) is 28.7 Å². The van der Waals surface area contributed by atoms with Crippen molar-refractivity contribution in [2.75, 3.05) is 63.4 Å². The maximum absolute atomic E-state index is 9.25. The number of carbonyl (C=O) groups excluding carboxylic acids is 1. The van der Waals surface area contributed by atoms with Gasteiger partial charge in [0, 0.05) is 125 Å². The van der Waals surface area contributed by atoms with E-state index >= 15 is 0 Å². The number of anilines is 5. The third-order valence-electron chi connectivity index (χ3n) is 20.3. The van der Waals surface area contributed by atoms with Crippen LogP contribution in [0.1, 0.15) is 121 Å². The number of rotatable bonds is 15. The number of hydrogen-bond donors (Lipinski definition) is 6. The fourth-order valence-electron chi connectivity index (χ4n) is 11.4. The number of thiazole rings is 2. The van der Waals surface area contributed by atoms with E-state index < -0.39 is 14.0 Å². The Hall–Kier alpha value is -7.28. The average molecular weight is 2350 g/mol. The molecule has 3 saturated heterocycles. The number of nitrogens with zero attached hydrogens (tertiary/aromatic N) is 13. The van der Waals surface area contributed by atoms with Gasteiger partial charge in [0.2, 0.25) is 0 Å². The molecule has 0 saturated carbocycles. The number of aryl methyl sites for hydroxylation is 1. The van der Waals surface area contributed by atoms with Gasteiger partial charge in [-0.3, -0.25) is 4.98 Å². The predicted octanol–water partition coefficient (Wildman–Crippen LogP) is 20.8. The van der Waals surface area contributed by atoms with Gasteiger partial charge in [-0.15, -0.1) is 22.7 Å². The average Bonchev–Trinajstić information content (AvgIpc) is 1.59. The molecule has 12 heterocycles. The lowest BCUT2D eigenvalue weighted by Crippen LogP contribution is -2.41. The summed E-state index contributed by atoms with van der Waals surface area (Å²) in [6, 6.07) is 28.5. The van der Waals surface area contributed by atoms with Crippen LogP contribution in [-0.4, -0.2) is 193 Å². The second kappa shape index (κ2) is 51.6. The second-order valence-electron chi connectivity index (χ2n) is 31.1. The highest BCUT2D eigenvalue weighted by atomic mass is 79.9. The molecule has 0 amide bonds. The summed E-state index contributed by atoms with van der Waals surface area (Å²) in [5.41, 5.74) is 17.2. The van der Waals surface area contributed by atoms with Crippen LogP contribution in [-0.2, 0) is 50.7 Å². The highest BCUT2D eigenvalue weighted by molar-refractivity contribution is 9.11. The van der Waals surface area contributed by atoms with Gasteiger partial charge in [-0.25, -0.2) is 44.9 Å². The number of fused-ring (bicyclic) bond motifs is 5. The molecule has 0 aliphatic carbocycles. The van der Waals surface area contributed by atoms with Crippen molar-refractivity contribution in [3.05, 3.63) is 213 Å². The lowest BCUT2D eigenvalue weighted by molar-refractivity contribution is -0.0980. The summed E-state index contributed by atoms with van der Waals surface area (Å²) >= 11 is 29.7. The number of nitrogen functional groups attached to an aromatic ring is 1. The van der Waals surface area contributed by atoms with Crippen molar-refractivity contribution >= 4 is 250 Å². The number of methoxy groups -OCH3 is 4. The second-order valence-corrected chi connectivity index (χ2v) is 39.2. The Kier molecular flexibility index (Phi) is 43.6. The number of hydrogen-bond acceptors (Lipinski definition) is 30. The minimum atomic E-state index is -0.476. The summed E-state index contributed by atoms with van der Waals surface area (Å²) in [5.74, 6) is 3.87. The Morgan fingerprint density at radius 2 is 0.893 bits per heavy atom. The molecule has 131 heavy (non-hydrogen) atoms. The number of carbonyl (C=O) groups is 1. The maximum Gasteiger partial charge on any atom is 0.494 e. The van der Waals surface area contributed by atoms with E-state index in [0.717, 1.165) is 96.5 Å². The summed E-state index contributed by atoms with van der Waals surface area (Å²) in [4.78, 5) is 50.1. The van der Waals surface area contributed by atoms with Crippen LogP contribution in [0, 0.1) is 6.92 Å². The lowest BCUT2D eigenvalue weighted by atomic mass is 9.49. The number of nitrogens with one attached hydrogen (secondary N) is 2. The van der Waals surface area contributed by atoms with Crippen LogP contribution in [0.2, 0.25) is 0 Å². The fraction of sp³-hybridized carbons (Fsp3) is 0.368. The van der Waals surface area contributed by atoms with Gasteiger partial charge in [-0.2, -0.15) is 0 Å². The van der Waals surface area contributed by atoms with Crippen LogP contribution < -0.4 is 40.8 Å². The van der Waals surface area contributed by atoms with Gasteiger partial charge in [-0.1, -0.05) is 50.1 Å². The van der Waals surface area contributed by atoms with E-state index in [1.54, 1.807) is 101 Å². The molecule has 0 bridgehead atoms. The summed E-state index contributed by atoms with van der Waals surface area (Å²) in [7, 11) is 5.06. The van der Waals surface area contributed by atoms with Crippen molar-refractivity contribution < 1.29 is 71.7 Å². The van der Waals surface area contributed by atoms with E-state index in [-0.39, 0.29) is 60.5 Å². The lowest BCUT2D eigenvalue weighted by Gasteiger charge is -2.32. The number of benzene rings is 5. The molecule has 3 aliphatic heterocycles. The molecule has 702 valence electrons. The van der Waals surface area contributed by atoms with Gasteiger partial charge >= 0.3 is 21.1 Å². The first kappa shape index (κ1) is 111. The Labute approximate surface area is 839 Å². The molecule has 3 fully saturated rings. The first-order valence-corrected chi connectivity index (χ1v) is 48.8. The topological polar surface area (TPSA) is 372 Å². The summed E-state index contributed by atoms with van der Waals surface area (Å²) in [5, 5.41) is 33.4. The maximum atomic E-state index is 9.25. The number of ether oxygens (including phenoxy) is 5. The van der Waals surface area contributed by atoms with Crippen molar-refractivity contribution in [2.45, 2.75) is 164 Å². The van der Waals surface area contributed by atoms with Crippen molar-refractivity contribution in [3.8, 4) is 23.0 Å². The molecule has 0 spiro atoms. The number of aromatic nitrogens is 13. The van der Waals surface area contributed by atoms with Gasteiger partial charge in [-0.05, 0) is 266 Å². The zero-order valence-electron chi connectivity index (χ0n) is 76.1. The largest absolute Gasteiger partial charge is 0.496 e. The van der Waals surface area contributed by atoms with E-state index in [4.69, 9.17) is 67.2 Å². The molecule has 14 aromatic rings. The summed E-state index contributed by atoms with van der Waals surface area (Å²) in [6.07, 6.45) is 18.3. The van der Waals surface area contributed by atoms with Crippen molar-refractivity contribution in [2.24, 2.45) is 0 Å². The van der Waals surface area contributed by atoms with Crippen LogP contribution in [0.5, 0.6) is 23.0 Å². The van der Waals surface area contributed by atoms with E-state index in [2.05, 4.69) is 234 Å². The SMILES string of the molecule is Brc1ccc2scnc2c1.Brc1cn2ccnc2c(Br)n1.C=O.CC1(C)OB(B2OC(C)(C)C(C)(C)O2)OC1(C)C.CC1(C)OB(c2ccc3scnc3c2)OC1(C)C.CCO.CCOC(C)CBr.COc1cc(Nc2nc(Br)cn3ccnc23)ccc1CO.COc1cc(Nc2nc(Br)cn3ccnc23)ccc1CO.COc1ccc(N)cc1OC.Cc1ncc(Br)nc1Br. The quantitative estimate of drug-likeness (QED) is 0.0315. The monoisotopic (exact) mass is 2340 g/mol. The molecular formula is C87H107B3Br8N16O15S2. The van der Waals surface area contributed by atoms with Crippen LogP contribution in [0.3, 0.4) is 0 Å². The third kappa shape index (κ3) is 31.4. The highest BCUT2D eigenvalue weighted by Crippen LogP contribution is 2.44. The number of halogens is 8. The Morgan fingerprint density at radius 1 is 0.489 bits per heavy atom. The zero-order valence-corrected chi connectivity index (χ0v) is 90.4. The van der Waals surface area contributed by atoms with Crippen molar-refractivity contribution in [3.63, 3.8) is 0 Å². The van der Waals surface area contributed by atoms with Gasteiger partial charge in [0.1, 0.15) is 41.3 Å². The van der Waals surface area contributed by atoms with Gasteiger partial charge in [0.25, 0.3) is 0 Å². The van der Waals surface area contributed by atoms with E-state index in [1.807, 2.05) is 199 Å². The minimum Gasteiger partial charge on any atom is -0.496 e. The molecule has 44 heteroatoms. The predicted molar refractivity (Wildman–Crippen MR) is 550 cm³/mol. The highest BCUT2D eigenvalue weighted by Gasteiger charge is 2.64. The van der Waals surface area contributed by atoms with Crippen molar-refractivity contribution in [1.82, 2.24) is 63.0 Å². The van der Waals surface area contributed by atoms with Crippen LogP contribution in [0.25, 0.3) is 37.4 Å².